The van der Waals surface area contributed by atoms with Crippen LogP contribution in [0.25, 0.3) is 5.57 Å². The minimum atomic E-state index is -0.170. The smallest absolute Gasteiger partial charge is 0.275 e. The minimum absolute atomic E-state index is 0.170. The molecule has 0 amide bonds. The third-order valence-electron chi connectivity index (χ3n) is 4.29. The van der Waals surface area contributed by atoms with E-state index in [1.54, 1.807) is 6.08 Å². The number of benzene rings is 1. The molecule has 1 heterocycles. The first-order valence-electron chi connectivity index (χ1n) is 8.40. The van der Waals surface area contributed by atoms with E-state index in [0.717, 1.165) is 17.0 Å². The number of rotatable bonds is 6. The van der Waals surface area contributed by atoms with Crippen molar-refractivity contribution in [1.82, 2.24) is 0 Å². The second kappa shape index (κ2) is 8.34. The Morgan fingerprint density at radius 1 is 1.20 bits per heavy atom. The summed E-state index contributed by atoms with van der Waals surface area (Å²) in [5.74, 6) is 0. The molecule has 1 aromatic heterocycles. The van der Waals surface area contributed by atoms with Crippen molar-refractivity contribution in [2.75, 3.05) is 7.05 Å². The summed E-state index contributed by atoms with van der Waals surface area (Å²) in [6.45, 7) is 8.22. The summed E-state index contributed by atoms with van der Waals surface area (Å²) < 4.78 is 2.01. The average Bonchev–Trinajstić information content (AvgIpc) is 2.62. The number of aliphatic imine (C=N–C) groups is 1. The van der Waals surface area contributed by atoms with Gasteiger partial charge in [0.25, 0.3) is 5.69 Å². The number of aromatic nitrogens is 2. The quantitative estimate of drug-likeness (QED) is 0.440. The molecule has 0 aliphatic heterocycles. The zero-order valence-electron chi connectivity index (χ0n) is 15.5. The fraction of sp³-hybridized carbons (Fsp3) is 0.227. The summed E-state index contributed by atoms with van der Waals surface area (Å²) in [7, 11) is 3.85. The molecule has 3 heteroatoms. The Labute approximate surface area is 150 Å². The Bertz CT molecular complexity index is 812. The van der Waals surface area contributed by atoms with Crippen molar-refractivity contribution in [3.05, 3.63) is 91.1 Å². The van der Waals surface area contributed by atoms with Gasteiger partial charge < -0.3 is 0 Å². The molecule has 128 valence electrons. The van der Waals surface area contributed by atoms with E-state index < -0.39 is 0 Å². The third-order valence-corrected chi connectivity index (χ3v) is 4.29. The first-order chi connectivity index (χ1) is 12.0. The van der Waals surface area contributed by atoms with Crippen LogP contribution in [0.5, 0.6) is 0 Å². The first kappa shape index (κ1) is 18.5. The van der Waals surface area contributed by atoms with Gasteiger partial charge in [-0.25, -0.2) is 4.98 Å². The van der Waals surface area contributed by atoms with Crippen LogP contribution < -0.4 is 9.55 Å². The van der Waals surface area contributed by atoms with Crippen LogP contribution in [-0.4, -0.2) is 12.8 Å². The molecule has 0 atom stereocenters. The van der Waals surface area contributed by atoms with Crippen LogP contribution >= 0.6 is 0 Å². The lowest BCUT2D eigenvalue weighted by Gasteiger charge is -2.25. The van der Waals surface area contributed by atoms with E-state index in [1.165, 1.54) is 5.56 Å². The molecule has 0 radical (unpaired) electrons. The highest BCUT2D eigenvalue weighted by Crippen LogP contribution is 2.26. The molecule has 0 bridgehead atoms. The van der Waals surface area contributed by atoms with Crippen LogP contribution in [0.1, 0.15) is 25.1 Å². The van der Waals surface area contributed by atoms with Gasteiger partial charge in [0.1, 0.15) is 7.05 Å². The number of H-pyrrole nitrogens is 1. The number of hydrogen-bond acceptors (Lipinski definition) is 1. The summed E-state index contributed by atoms with van der Waals surface area (Å²) in [5.41, 5.74) is 4.17. The highest BCUT2D eigenvalue weighted by molar-refractivity contribution is 6.04. The second-order valence-electron chi connectivity index (χ2n) is 6.46. The maximum absolute atomic E-state index is 4.54. The molecule has 0 aliphatic rings. The van der Waals surface area contributed by atoms with Gasteiger partial charge in [0.05, 0.1) is 5.57 Å². The van der Waals surface area contributed by atoms with E-state index >= 15 is 0 Å². The summed E-state index contributed by atoms with van der Waals surface area (Å²) in [6, 6.07) is 10.5. The lowest BCUT2D eigenvalue weighted by molar-refractivity contribution is -0.682. The van der Waals surface area contributed by atoms with Crippen molar-refractivity contribution >= 4 is 11.3 Å². The predicted octanol–water partition coefficient (Wildman–Crippen LogP) is 3.50. The SMILES string of the molecule is C=C/C=C(/C=C/C(=NC)C(C)(C)c1ccccc1)c1c[n+](C)cc[nH+]1. The Hall–Kier alpha value is -2.81. The maximum Gasteiger partial charge on any atom is 0.275 e. The van der Waals surface area contributed by atoms with E-state index in [2.05, 4.69) is 66.8 Å². The van der Waals surface area contributed by atoms with E-state index in [0.29, 0.717) is 0 Å². The lowest BCUT2D eigenvalue weighted by Crippen LogP contribution is -2.31. The Balaban J connectivity index is 2.36. The number of hydrogen-bond donors (Lipinski definition) is 0. The second-order valence-corrected chi connectivity index (χ2v) is 6.46. The maximum atomic E-state index is 4.54. The predicted molar refractivity (Wildman–Crippen MR) is 104 cm³/mol. The zero-order valence-corrected chi connectivity index (χ0v) is 15.5. The molecule has 2 aromatic rings. The van der Waals surface area contributed by atoms with Gasteiger partial charge in [0, 0.05) is 18.2 Å². The number of nitrogens with one attached hydrogen (secondary N) is 1. The van der Waals surface area contributed by atoms with Gasteiger partial charge in [-0.1, -0.05) is 56.8 Å². The van der Waals surface area contributed by atoms with Crippen molar-refractivity contribution in [2.45, 2.75) is 19.3 Å². The van der Waals surface area contributed by atoms with Gasteiger partial charge in [-0.15, -0.1) is 0 Å². The normalized spacial score (nSPS) is 13.3. The molecule has 0 saturated heterocycles. The standard InChI is InChI=1S/C22H26N3/c1-6-10-18(20-17-25(5)16-15-24-20)13-14-21(23-4)22(2,3)19-11-8-7-9-12-19/h6-17H,1H2,2-5H3/q+1/p+1/b14-13+,18-10-,23-21?. The molecule has 1 N–H and O–H groups in total. The molecule has 0 aliphatic carbocycles. The van der Waals surface area contributed by atoms with Crippen molar-refractivity contribution < 1.29 is 9.55 Å². The number of aryl methyl sites for hydroxylation is 1. The lowest BCUT2D eigenvalue weighted by atomic mass is 9.79. The van der Waals surface area contributed by atoms with Crippen LogP contribution in [0, 0.1) is 0 Å². The Morgan fingerprint density at radius 2 is 1.92 bits per heavy atom. The first-order valence-corrected chi connectivity index (χ1v) is 8.40. The van der Waals surface area contributed by atoms with Gasteiger partial charge in [-0.2, -0.15) is 4.57 Å². The summed E-state index contributed by atoms with van der Waals surface area (Å²) in [6.07, 6.45) is 13.9. The topological polar surface area (TPSA) is 30.4 Å². The highest BCUT2D eigenvalue weighted by atomic mass is 14.9. The molecular formula is C22H27N3+2. The molecule has 2 rings (SSSR count). The summed E-state index contributed by atoms with van der Waals surface area (Å²) in [4.78, 5) is 7.82. The fourth-order valence-electron chi connectivity index (χ4n) is 2.78. The molecule has 3 nitrogen and oxygen atoms in total. The van der Waals surface area contributed by atoms with Crippen molar-refractivity contribution in [3.63, 3.8) is 0 Å². The zero-order chi connectivity index (χ0) is 18.3. The van der Waals surface area contributed by atoms with E-state index in [1.807, 2.05) is 49.4 Å². The molecule has 0 fully saturated rings. The molecule has 0 spiro atoms. The molecule has 25 heavy (non-hydrogen) atoms. The van der Waals surface area contributed by atoms with Gasteiger partial charge >= 0.3 is 0 Å². The van der Waals surface area contributed by atoms with Crippen LogP contribution in [0.4, 0.5) is 0 Å². The van der Waals surface area contributed by atoms with Crippen molar-refractivity contribution in [2.24, 2.45) is 12.0 Å². The number of nitrogens with zero attached hydrogens (tertiary/aromatic N) is 2. The third kappa shape index (κ3) is 4.60. The van der Waals surface area contributed by atoms with Crippen LogP contribution in [0.2, 0.25) is 0 Å². The largest absolute Gasteiger partial charge is 0.292 e. The van der Waals surface area contributed by atoms with Crippen LogP contribution in [0.15, 0.2) is 84.8 Å². The molecule has 1 aromatic carbocycles. The van der Waals surface area contributed by atoms with E-state index in [4.69, 9.17) is 0 Å². The van der Waals surface area contributed by atoms with Crippen molar-refractivity contribution in [1.29, 1.82) is 0 Å². The van der Waals surface area contributed by atoms with Gasteiger partial charge in [-0.05, 0) is 23.8 Å². The van der Waals surface area contributed by atoms with Gasteiger partial charge in [0.2, 0.25) is 18.6 Å². The number of aromatic amines is 1. The van der Waals surface area contributed by atoms with E-state index in [-0.39, 0.29) is 5.41 Å². The molecule has 0 saturated carbocycles. The number of allylic oxidation sites excluding steroid dienone is 5. The summed E-state index contributed by atoms with van der Waals surface area (Å²) >= 11 is 0. The van der Waals surface area contributed by atoms with Gasteiger partial charge in [0.15, 0.2) is 0 Å². The van der Waals surface area contributed by atoms with E-state index in [9.17, 15) is 0 Å². The molecular weight excluding hydrogens is 306 g/mol. The Kier molecular flexibility index (Phi) is 6.18. The minimum Gasteiger partial charge on any atom is -0.292 e. The van der Waals surface area contributed by atoms with Crippen LogP contribution in [0.3, 0.4) is 0 Å². The monoisotopic (exact) mass is 333 g/mol. The van der Waals surface area contributed by atoms with Crippen molar-refractivity contribution in [3.8, 4) is 0 Å². The fourth-order valence-corrected chi connectivity index (χ4v) is 2.78. The Morgan fingerprint density at radius 3 is 2.52 bits per heavy atom. The average molecular weight is 333 g/mol. The van der Waals surface area contributed by atoms with Crippen LogP contribution in [-0.2, 0) is 12.5 Å². The highest BCUT2D eigenvalue weighted by Gasteiger charge is 2.25. The summed E-state index contributed by atoms with van der Waals surface area (Å²) in [5, 5.41) is 0. The van der Waals surface area contributed by atoms with Gasteiger partial charge in [-0.3, -0.25) is 4.99 Å². The molecule has 0 unspecified atom stereocenters.